The van der Waals surface area contributed by atoms with Crippen LogP contribution in [0.2, 0.25) is 0 Å². The van der Waals surface area contributed by atoms with Crippen LogP contribution in [-0.4, -0.2) is 53.0 Å². The van der Waals surface area contributed by atoms with Gasteiger partial charge in [-0.25, -0.2) is 0 Å². The molecule has 0 spiro atoms. The first-order valence-electron chi connectivity index (χ1n) is 5.47. The van der Waals surface area contributed by atoms with E-state index in [1.165, 1.54) is 0 Å². The summed E-state index contributed by atoms with van der Waals surface area (Å²) in [7, 11) is 3.91. The zero-order valence-corrected chi connectivity index (χ0v) is 10.5. The summed E-state index contributed by atoms with van der Waals surface area (Å²) in [5.74, 6) is 0. The smallest absolute Gasteiger partial charge is 0.0869 e. The molecule has 1 atom stereocenters. The van der Waals surface area contributed by atoms with E-state index in [4.69, 9.17) is 0 Å². The van der Waals surface area contributed by atoms with Crippen LogP contribution in [0.15, 0.2) is 6.20 Å². The zero-order valence-electron chi connectivity index (χ0n) is 10.5. The molecule has 92 valence electrons. The summed E-state index contributed by atoms with van der Waals surface area (Å²) in [6.07, 6.45) is 1.81. The second-order valence-corrected chi connectivity index (χ2v) is 4.86. The maximum atomic E-state index is 10.1. The maximum Gasteiger partial charge on any atom is 0.0869 e. The van der Waals surface area contributed by atoms with Crippen molar-refractivity contribution in [2.45, 2.75) is 26.0 Å². The molecule has 0 aliphatic carbocycles. The molecule has 1 unspecified atom stereocenters. The van der Waals surface area contributed by atoms with Crippen molar-refractivity contribution in [2.24, 2.45) is 0 Å². The highest BCUT2D eigenvalue weighted by molar-refractivity contribution is 5.13. The fraction of sp³-hybridized carbons (Fsp3) is 0.727. The normalized spacial score (nSPS) is 15.4. The topological polar surface area (TPSA) is 64.2 Å². The number of nitrogens with zero attached hydrogens (tertiary/aromatic N) is 2. The van der Waals surface area contributed by atoms with Gasteiger partial charge in [-0.05, 0) is 27.9 Å². The van der Waals surface area contributed by atoms with Crippen LogP contribution in [0.3, 0.4) is 0 Å². The van der Waals surface area contributed by atoms with E-state index in [0.29, 0.717) is 13.1 Å². The average molecular weight is 226 g/mol. The number of aryl methyl sites for hydroxylation is 1. The van der Waals surface area contributed by atoms with Crippen molar-refractivity contribution in [1.29, 1.82) is 0 Å². The molecule has 5 nitrogen and oxygen atoms in total. The molecule has 0 radical (unpaired) electrons. The van der Waals surface area contributed by atoms with Crippen molar-refractivity contribution in [2.75, 3.05) is 27.2 Å². The Morgan fingerprint density at radius 2 is 2.25 bits per heavy atom. The van der Waals surface area contributed by atoms with E-state index in [9.17, 15) is 5.11 Å². The quantitative estimate of drug-likeness (QED) is 0.645. The second-order valence-electron chi connectivity index (χ2n) is 4.86. The molecular formula is C11H22N4O. The van der Waals surface area contributed by atoms with E-state index in [-0.39, 0.29) is 0 Å². The number of nitrogens with one attached hydrogen (secondary N) is 2. The van der Waals surface area contributed by atoms with Gasteiger partial charge in [0.15, 0.2) is 0 Å². The number of aliphatic hydroxyl groups is 1. The van der Waals surface area contributed by atoms with Gasteiger partial charge in [0.2, 0.25) is 0 Å². The van der Waals surface area contributed by atoms with Crippen LogP contribution in [-0.2, 0) is 6.54 Å². The predicted molar refractivity (Wildman–Crippen MR) is 64.2 cm³/mol. The number of rotatable bonds is 6. The standard InChI is InChI=1S/C11H22N4O/c1-9-10(6-13-14-9)5-12-7-11(2,16)8-15(3)4/h6,12,16H,5,7-8H2,1-4H3,(H,13,14). The van der Waals surface area contributed by atoms with Crippen LogP contribution in [0, 0.1) is 6.92 Å². The lowest BCUT2D eigenvalue weighted by Gasteiger charge is -2.27. The summed E-state index contributed by atoms with van der Waals surface area (Å²) >= 11 is 0. The third-order valence-corrected chi connectivity index (χ3v) is 2.41. The lowest BCUT2D eigenvalue weighted by molar-refractivity contribution is 0.0336. The van der Waals surface area contributed by atoms with Gasteiger partial charge in [-0.2, -0.15) is 5.10 Å². The van der Waals surface area contributed by atoms with E-state index >= 15 is 0 Å². The lowest BCUT2D eigenvalue weighted by Crippen LogP contribution is -2.45. The van der Waals surface area contributed by atoms with Crippen molar-refractivity contribution < 1.29 is 5.11 Å². The minimum atomic E-state index is -0.707. The van der Waals surface area contributed by atoms with Crippen LogP contribution < -0.4 is 5.32 Å². The van der Waals surface area contributed by atoms with Crippen molar-refractivity contribution in [3.8, 4) is 0 Å². The predicted octanol–water partition coefficient (Wildman–Crippen LogP) is 0.120. The molecule has 1 rings (SSSR count). The zero-order chi connectivity index (χ0) is 12.2. The largest absolute Gasteiger partial charge is 0.388 e. The molecule has 5 heteroatoms. The van der Waals surface area contributed by atoms with Crippen molar-refractivity contribution in [1.82, 2.24) is 20.4 Å². The number of hydrogen-bond acceptors (Lipinski definition) is 4. The number of H-pyrrole nitrogens is 1. The minimum Gasteiger partial charge on any atom is -0.388 e. The molecule has 0 saturated carbocycles. The highest BCUT2D eigenvalue weighted by Gasteiger charge is 2.20. The molecule has 0 aliphatic rings. The highest BCUT2D eigenvalue weighted by Crippen LogP contribution is 2.05. The van der Waals surface area contributed by atoms with Gasteiger partial charge in [0.25, 0.3) is 0 Å². The molecule has 0 saturated heterocycles. The average Bonchev–Trinajstić information content (AvgIpc) is 2.49. The summed E-state index contributed by atoms with van der Waals surface area (Å²) in [6, 6.07) is 0. The van der Waals surface area contributed by atoms with Gasteiger partial charge in [0.1, 0.15) is 0 Å². The van der Waals surface area contributed by atoms with Gasteiger partial charge >= 0.3 is 0 Å². The monoisotopic (exact) mass is 226 g/mol. The lowest BCUT2D eigenvalue weighted by atomic mass is 10.1. The van der Waals surface area contributed by atoms with E-state index in [1.54, 1.807) is 0 Å². The molecule has 0 amide bonds. The molecule has 0 bridgehead atoms. The van der Waals surface area contributed by atoms with Crippen LogP contribution >= 0.6 is 0 Å². The molecular weight excluding hydrogens is 204 g/mol. The highest BCUT2D eigenvalue weighted by atomic mass is 16.3. The summed E-state index contributed by atoms with van der Waals surface area (Å²) in [6.45, 7) is 5.76. The molecule has 0 aromatic carbocycles. The van der Waals surface area contributed by atoms with Gasteiger partial charge < -0.3 is 15.3 Å². The van der Waals surface area contributed by atoms with Crippen LogP contribution in [0.5, 0.6) is 0 Å². The van der Waals surface area contributed by atoms with Gasteiger partial charge in [0.05, 0.1) is 11.8 Å². The summed E-state index contributed by atoms with van der Waals surface area (Å²) in [5, 5.41) is 20.1. The summed E-state index contributed by atoms with van der Waals surface area (Å²) in [5.41, 5.74) is 1.50. The molecule has 1 heterocycles. The molecule has 0 fully saturated rings. The van der Waals surface area contributed by atoms with Gasteiger partial charge in [0, 0.05) is 30.9 Å². The number of aromatic amines is 1. The SMILES string of the molecule is Cc1[nH]ncc1CNCC(C)(O)CN(C)C. The third kappa shape index (κ3) is 4.30. The fourth-order valence-corrected chi connectivity index (χ4v) is 1.76. The first-order valence-corrected chi connectivity index (χ1v) is 5.47. The Balaban J connectivity index is 2.32. The Kier molecular flexibility index (Phi) is 4.46. The molecule has 16 heavy (non-hydrogen) atoms. The van der Waals surface area contributed by atoms with Crippen molar-refractivity contribution in [3.63, 3.8) is 0 Å². The first kappa shape index (κ1) is 13.2. The van der Waals surface area contributed by atoms with Crippen LogP contribution in [0.1, 0.15) is 18.2 Å². The van der Waals surface area contributed by atoms with Gasteiger partial charge in [-0.15, -0.1) is 0 Å². The van der Waals surface area contributed by atoms with E-state index in [1.807, 2.05) is 39.0 Å². The second kappa shape index (κ2) is 5.43. The molecule has 1 aromatic heterocycles. The molecule has 3 N–H and O–H groups in total. The minimum absolute atomic E-state index is 0.565. The molecule has 1 aromatic rings. The Hall–Kier alpha value is -0.910. The number of likely N-dealkylation sites (N-methyl/N-ethyl adjacent to an activating group) is 1. The Bertz CT molecular complexity index is 320. The maximum absolute atomic E-state index is 10.1. The third-order valence-electron chi connectivity index (χ3n) is 2.41. The summed E-state index contributed by atoms with van der Waals surface area (Å²) in [4.78, 5) is 1.98. The van der Waals surface area contributed by atoms with Crippen LogP contribution in [0.4, 0.5) is 0 Å². The van der Waals surface area contributed by atoms with E-state index in [2.05, 4.69) is 15.5 Å². The number of hydrogen-bond donors (Lipinski definition) is 3. The van der Waals surface area contributed by atoms with E-state index < -0.39 is 5.60 Å². The Morgan fingerprint density at radius 3 is 2.75 bits per heavy atom. The molecule has 0 aliphatic heterocycles. The fourth-order valence-electron chi connectivity index (χ4n) is 1.76. The Morgan fingerprint density at radius 1 is 1.56 bits per heavy atom. The first-order chi connectivity index (χ1) is 7.41. The van der Waals surface area contributed by atoms with Crippen molar-refractivity contribution >= 4 is 0 Å². The van der Waals surface area contributed by atoms with E-state index in [0.717, 1.165) is 17.8 Å². The summed E-state index contributed by atoms with van der Waals surface area (Å²) < 4.78 is 0. The van der Waals surface area contributed by atoms with Gasteiger partial charge in [-0.1, -0.05) is 0 Å². The van der Waals surface area contributed by atoms with Crippen LogP contribution in [0.25, 0.3) is 0 Å². The Labute approximate surface area is 96.9 Å². The van der Waals surface area contributed by atoms with Crippen molar-refractivity contribution in [3.05, 3.63) is 17.5 Å². The number of aromatic nitrogens is 2. The van der Waals surface area contributed by atoms with Gasteiger partial charge in [-0.3, -0.25) is 5.10 Å².